The number of esters is 2. The maximum absolute atomic E-state index is 13.1. The second-order valence-corrected chi connectivity index (χ2v) is 7.98. The minimum Gasteiger partial charge on any atom is -0.463 e. The summed E-state index contributed by atoms with van der Waals surface area (Å²) in [4.78, 5) is 38.3. The van der Waals surface area contributed by atoms with Crippen molar-refractivity contribution < 1.29 is 28.4 Å². The van der Waals surface area contributed by atoms with Gasteiger partial charge < -0.3 is 24.6 Å². The molecule has 1 aliphatic rings. The first-order valence-corrected chi connectivity index (χ1v) is 11.2. The second kappa shape index (κ2) is 10.4. The highest BCUT2D eigenvalue weighted by Gasteiger charge is 2.34. The predicted octanol–water partition coefficient (Wildman–Crippen LogP) is 4.33. The van der Waals surface area contributed by atoms with Crippen LogP contribution in [0.1, 0.15) is 34.6 Å². The Kier molecular flexibility index (Phi) is 7.17. The molecule has 2 N–H and O–H groups in total. The van der Waals surface area contributed by atoms with Gasteiger partial charge in [-0.25, -0.2) is 14.4 Å². The molecule has 3 aromatic rings. The first kappa shape index (κ1) is 24.0. The highest BCUT2D eigenvalue weighted by atomic mass is 35.5. The zero-order chi connectivity index (χ0) is 24.9. The van der Waals surface area contributed by atoms with Gasteiger partial charge in [-0.3, -0.25) is 0 Å². The third-order valence-corrected chi connectivity index (χ3v) is 5.65. The molecule has 0 saturated heterocycles. The number of ether oxygens (including phenoxy) is 2. The number of nitrogens with zero attached hydrogens (tertiary/aromatic N) is 1. The summed E-state index contributed by atoms with van der Waals surface area (Å²) < 4.78 is 16.0. The van der Waals surface area contributed by atoms with E-state index in [2.05, 4.69) is 15.8 Å². The number of hydrogen-bond donors (Lipinski definition) is 2. The summed E-state index contributed by atoms with van der Waals surface area (Å²) >= 11 is 6.27. The molecule has 0 spiro atoms. The van der Waals surface area contributed by atoms with Crippen LogP contribution in [0.4, 0.5) is 4.79 Å². The van der Waals surface area contributed by atoms with E-state index in [0.717, 1.165) is 0 Å². The number of nitrogens with one attached hydrogen (secondary N) is 2. The normalized spacial score (nSPS) is 15.3. The van der Waals surface area contributed by atoms with E-state index >= 15 is 0 Å². The molecule has 4 rings (SSSR count). The van der Waals surface area contributed by atoms with E-state index in [1.54, 1.807) is 62.4 Å². The van der Waals surface area contributed by atoms with Crippen LogP contribution in [-0.4, -0.2) is 36.3 Å². The summed E-state index contributed by atoms with van der Waals surface area (Å²) in [7, 11) is 0. The highest BCUT2D eigenvalue weighted by Crippen LogP contribution is 2.32. The molecule has 180 valence electrons. The van der Waals surface area contributed by atoms with E-state index in [1.165, 1.54) is 0 Å². The lowest BCUT2D eigenvalue weighted by Gasteiger charge is -2.29. The molecule has 1 unspecified atom stereocenters. The number of benzene rings is 2. The number of aryl methyl sites for hydroxylation is 1. The Morgan fingerprint density at radius 1 is 1.06 bits per heavy atom. The third kappa shape index (κ3) is 5.04. The van der Waals surface area contributed by atoms with Crippen molar-refractivity contribution in [1.29, 1.82) is 0 Å². The van der Waals surface area contributed by atoms with Crippen LogP contribution in [-0.2, 0) is 14.3 Å². The van der Waals surface area contributed by atoms with E-state index in [9.17, 15) is 14.4 Å². The summed E-state index contributed by atoms with van der Waals surface area (Å²) in [6, 6.07) is 14.5. The Labute approximate surface area is 206 Å². The van der Waals surface area contributed by atoms with Crippen LogP contribution in [0, 0.1) is 6.92 Å². The maximum atomic E-state index is 13.1. The standard InChI is InChI=1S/C25H22ClN3O6/c1-3-33-24(31)20-18(27-25(32)28-21(20)15-9-5-4-6-10-15)13-34-23(30)19-14(2)35-29-22(19)16-11-7-8-12-17(16)26/h4-12,21H,3,13H2,1-2H3,(H2,27,28,32). The minimum absolute atomic E-state index is 0.0938. The molecule has 1 atom stereocenters. The number of halogens is 1. The van der Waals surface area contributed by atoms with Crippen molar-refractivity contribution in [2.75, 3.05) is 13.2 Å². The smallest absolute Gasteiger partial charge is 0.344 e. The summed E-state index contributed by atoms with van der Waals surface area (Å²) in [5, 5.41) is 9.65. The zero-order valence-corrected chi connectivity index (χ0v) is 19.7. The Hall–Kier alpha value is -4.11. The Bertz CT molecular complexity index is 1300. The molecular formula is C25H22ClN3O6. The molecule has 1 aromatic heterocycles. The topological polar surface area (TPSA) is 120 Å². The lowest BCUT2D eigenvalue weighted by Crippen LogP contribution is -2.47. The number of hydrogen-bond acceptors (Lipinski definition) is 7. The van der Waals surface area contributed by atoms with Crippen molar-refractivity contribution in [1.82, 2.24) is 15.8 Å². The molecule has 9 nitrogen and oxygen atoms in total. The number of aromatic nitrogens is 1. The van der Waals surface area contributed by atoms with E-state index in [1.807, 2.05) is 6.07 Å². The first-order chi connectivity index (χ1) is 16.9. The Morgan fingerprint density at radius 2 is 1.77 bits per heavy atom. The van der Waals surface area contributed by atoms with Crippen molar-refractivity contribution in [3.63, 3.8) is 0 Å². The molecule has 0 saturated carbocycles. The summed E-state index contributed by atoms with van der Waals surface area (Å²) in [5.41, 5.74) is 1.75. The van der Waals surface area contributed by atoms with Gasteiger partial charge in [0.2, 0.25) is 0 Å². The largest absolute Gasteiger partial charge is 0.463 e. The van der Waals surface area contributed by atoms with Gasteiger partial charge >= 0.3 is 18.0 Å². The minimum atomic E-state index is -0.784. The van der Waals surface area contributed by atoms with Crippen molar-refractivity contribution in [2.24, 2.45) is 0 Å². The number of carbonyl (C=O) groups excluding carboxylic acids is 3. The van der Waals surface area contributed by atoms with Crippen LogP contribution < -0.4 is 10.6 Å². The lowest BCUT2D eigenvalue weighted by molar-refractivity contribution is -0.139. The fraction of sp³-hybridized carbons (Fsp3) is 0.200. The SMILES string of the molecule is CCOC(=O)C1=C(COC(=O)c2c(-c3ccccc3Cl)noc2C)NC(=O)NC1c1ccccc1. The lowest BCUT2D eigenvalue weighted by atomic mass is 9.95. The van der Waals surface area contributed by atoms with Gasteiger partial charge in [0.15, 0.2) is 0 Å². The predicted molar refractivity (Wildman–Crippen MR) is 126 cm³/mol. The number of urea groups is 1. The molecule has 0 bridgehead atoms. The maximum Gasteiger partial charge on any atom is 0.344 e. The molecule has 0 aliphatic carbocycles. The van der Waals surface area contributed by atoms with Gasteiger partial charge in [-0.05, 0) is 25.5 Å². The fourth-order valence-electron chi connectivity index (χ4n) is 3.74. The van der Waals surface area contributed by atoms with Crippen molar-refractivity contribution >= 4 is 29.6 Å². The quantitative estimate of drug-likeness (QED) is 0.468. The summed E-state index contributed by atoms with van der Waals surface area (Å²) in [5.74, 6) is -1.16. The van der Waals surface area contributed by atoms with Crippen LogP contribution in [0.15, 0.2) is 70.4 Å². The van der Waals surface area contributed by atoms with Gasteiger partial charge in [0.05, 0.1) is 28.9 Å². The molecule has 0 fully saturated rings. The van der Waals surface area contributed by atoms with E-state index in [0.29, 0.717) is 16.1 Å². The van der Waals surface area contributed by atoms with Gasteiger partial charge in [-0.1, -0.05) is 65.3 Å². The van der Waals surface area contributed by atoms with Gasteiger partial charge in [0.1, 0.15) is 23.6 Å². The monoisotopic (exact) mass is 495 g/mol. The zero-order valence-electron chi connectivity index (χ0n) is 19.0. The molecule has 1 aliphatic heterocycles. The third-order valence-electron chi connectivity index (χ3n) is 5.33. The van der Waals surface area contributed by atoms with Crippen LogP contribution in [0.25, 0.3) is 11.3 Å². The Morgan fingerprint density at radius 3 is 2.49 bits per heavy atom. The van der Waals surface area contributed by atoms with E-state index < -0.39 is 30.6 Å². The molecule has 2 amide bonds. The molecule has 2 heterocycles. The summed E-state index contributed by atoms with van der Waals surface area (Å²) in [6.07, 6.45) is 0. The average Bonchev–Trinajstić information content (AvgIpc) is 3.24. The summed E-state index contributed by atoms with van der Waals surface area (Å²) in [6.45, 7) is 2.99. The average molecular weight is 496 g/mol. The van der Waals surface area contributed by atoms with Gasteiger partial charge in [-0.2, -0.15) is 0 Å². The first-order valence-electron chi connectivity index (χ1n) is 10.8. The molecule has 10 heteroatoms. The molecule has 2 aromatic carbocycles. The van der Waals surface area contributed by atoms with E-state index in [-0.39, 0.29) is 34.9 Å². The van der Waals surface area contributed by atoms with Crippen LogP contribution in [0.5, 0.6) is 0 Å². The van der Waals surface area contributed by atoms with Crippen LogP contribution in [0.3, 0.4) is 0 Å². The van der Waals surface area contributed by atoms with Gasteiger partial charge in [0, 0.05) is 5.56 Å². The number of rotatable bonds is 7. The molecule has 0 radical (unpaired) electrons. The van der Waals surface area contributed by atoms with Crippen molar-refractivity contribution in [3.05, 3.63) is 87.8 Å². The molecule has 35 heavy (non-hydrogen) atoms. The number of amides is 2. The Balaban J connectivity index is 1.66. The van der Waals surface area contributed by atoms with Crippen LogP contribution >= 0.6 is 11.6 Å². The van der Waals surface area contributed by atoms with E-state index in [4.69, 9.17) is 25.6 Å². The highest BCUT2D eigenvalue weighted by molar-refractivity contribution is 6.33. The fourth-order valence-corrected chi connectivity index (χ4v) is 3.96. The van der Waals surface area contributed by atoms with Crippen molar-refractivity contribution in [3.8, 4) is 11.3 Å². The van der Waals surface area contributed by atoms with Gasteiger partial charge in [0.25, 0.3) is 0 Å². The number of carbonyl (C=O) groups is 3. The van der Waals surface area contributed by atoms with Gasteiger partial charge in [-0.15, -0.1) is 0 Å². The molecular weight excluding hydrogens is 474 g/mol. The second-order valence-electron chi connectivity index (χ2n) is 7.57. The van der Waals surface area contributed by atoms with Crippen molar-refractivity contribution in [2.45, 2.75) is 19.9 Å². The van der Waals surface area contributed by atoms with Crippen LogP contribution in [0.2, 0.25) is 5.02 Å².